The zero-order valence-electron chi connectivity index (χ0n) is 16.9. The number of hydrogen-bond acceptors (Lipinski definition) is 5. The lowest BCUT2D eigenvalue weighted by molar-refractivity contribution is -0.143. The Bertz CT molecular complexity index is 528. The van der Waals surface area contributed by atoms with Crippen molar-refractivity contribution >= 4 is 11.9 Å². The number of unbranched alkanes of at least 4 members (excludes halogenated alkanes) is 4. The summed E-state index contributed by atoms with van der Waals surface area (Å²) in [4.78, 5) is 22.3. The maximum Gasteiger partial charge on any atom is 0.305 e. The summed E-state index contributed by atoms with van der Waals surface area (Å²) in [6.45, 7) is 4.18. The van der Waals surface area contributed by atoms with Gasteiger partial charge in [-0.2, -0.15) is 0 Å². The number of rotatable bonds is 15. The van der Waals surface area contributed by atoms with Crippen LogP contribution in [0.15, 0.2) is 24.3 Å². The minimum absolute atomic E-state index is 0.109. The van der Waals surface area contributed by atoms with Crippen LogP contribution >= 0.6 is 0 Å². The SMILES string of the molecule is CCOC(=O)CCCc1ccc(CNCCCCCCCC(=O)OC)cc1. The normalized spacial score (nSPS) is 10.6. The molecule has 0 aliphatic heterocycles. The molecule has 0 heterocycles. The quantitative estimate of drug-likeness (QED) is 0.367. The van der Waals surface area contributed by atoms with Crippen LogP contribution in [0.3, 0.4) is 0 Å². The first-order chi connectivity index (χ1) is 13.2. The lowest BCUT2D eigenvalue weighted by Gasteiger charge is -2.07. The Balaban J connectivity index is 2.03. The summed E-state index contributed by atoms with van der Waals surface area (Å²) >= 11 is 0. The Labute approximate surface area is 163 Å². The lowest BCUT2D eigenvalue weighted by Crippen LogP contribution is -2.14. The molecule has 0 fully saturated rings. The second-order valence-electron chi connectivity index (χ2n) is 6.75. The van der Waals surface area contributed by atoms with Crippen LogP contribution in [-0.4, -0.2) is 32.2 Å². The number of aryl methyl sites for hydroxylation is 1. The number of carbonyl (C=O) groups is 2. The van der Waals surface area contributed by atoms with E-state index in [2.05, 4.69) is 34.3 Å². The fourth-order valence-corrected chi connectivity index (χ4v) is 2.88. The monoisotopic (exact) mass is 377 g/mol. The summed E-state index contributed by atoms with van der Waals surface area (Å²) < 4.78 is 9.57. The fourth-order valence-electron chi connectivity index (χ4n) is 2.88. The second kappa shape index (κ2) is 15.2. The van der Waals surface area contributed by atoms with Crippen LogP contribution in [0.5, 0.6) is 0 Å². The van der Waals surface area contributed by atoms with Crippen LogP contribution in [0.25, 0.3) is 0 Å². The van der Waals surface area contributed by atoms with Gasteiger partial charge in [-0.25, -0.2) is 0 Å². The zero-order valence-corrected chi connectivity index (χ0v) is 16.9. The van der Waals surface area contributed by atoms with E-state index in [-0.39, 0.29) is 11.9 Å². The molecule has 0 amide bonds. The fraction of sp³-hybridized carbons (Fsp3) is 0.636. The van der Waals surface area contributed by atoms with Crippen molar-refractivity contribution in [2.24, 2.45) is 0 Å². The highest BCUT2D eigenvalue weighted by Gasteiger charge is 2.02. The molecule has 0 saturated heterocycles. The third-order valence-electron chi connectivity index (χ3n) is 4.47. The van der Waals surface area contributed by atoms with Crippen LogP contribution in [0.1, 0.15) is 69.4 Å². The van der Waals surface area contributed by atoms with Gasteiger partial charge in [-0.15, -0.1) is 0 Å². The molecule has 152 valence electrons. The van der Waals surface area contributed by atoms with E-state index in [0.717, 1.165) is 45.2 Å². The number of methoxy groups -OCH3 is 1. The van der Waals surface area contributed by atoms with E-state index in [9.17, 15) is 9.59 Å². The summed E-state index contributed by atoms with van der Waals surface area (Å²) in [5, 5.41) is 3.48. The molecule has 1 aromatic rings. The molecule has 0 atom stereocenters. The lowest BCUT2D eigenvalue weighted by atomic mass is 10.1. The van der Waals surface area contributed by atoms with Crippen molar-refractivity contribution in [3.05, 3.63) is 35.4 Å². The van der Waals surface area contributed by atoms with Gasteiger partial charge in [0.25, 0.3) is 0 Å². The third-order valence-corrected chi connectivity index (χ3v) is 4.47. The first-order valence-electron chi connectivity index (χ1n) is 10.2. The standard InChI is InChI=1S/C22H35NO4/c1-3-27-22(25)12-9-10-19-13-15-20(16-14-19)18-23-17-8-6-4-5-7-11-21(24)26-2/h13-16,23H,3-12,17-18H2,1-2H3. The van der Waals surface area contributed by atoms with Crippen molar-refractivity contribution in [3.63, 3.8) is 0 Å². The number of carbonyl (C=O) groups excluding carboxylic acids is 2. The smallest absolute Gasteiger partial charge is 0.305 e. The summed E-state index contributed by atoms with van der Waals surface area (Å²) in [7, 11) is 1.44. The largest absolute Gasteiger partial charge is 0.469 e. The van der Waals surface area contributed by atoms with Crippen molar-refractivity contribution in [2.75, 3.05) is 20.3 Å². The molecule has 27 heavy (non-hydrogen) atoms. The van der Waals surface area contributed by atoms with Gasteiger partial charge in [-0.05, 0) is 50.3 Å². The molecule has 5 heteroatoms. The van der Waals surface area contributed by atoms with Gasteiger partial charge in [0.05, 0.1) is 13.7 Å². The molecule has 5 nitrogen and oxygen atoms in total. The Kier molecular flexibility index (Phi) is 13.0. The molecule has 0 spiro atoms. The van der Waals surface area contributed by atoms with E-state index in [1.54, 1.807) is 0 Å². The molecule has 0 aliphatic rings. The molecule has 0 radical (unpaired) electrons. The van der Waals surface area contributed by atoms with Gasteiger partial charge in [-0.1, -0.05) is 43.5 Å². The molecule has 0 saturated carbocycles. The minimum Gasteiger partial charge on any atom is -0.469 e. The van der Waals surface area contributed by atoms with E-state index in [1.807, 2.05) is 6.92 Å². The number of ether oxygens (including phenoxy) is 2. The van der Waals surface area contributed by atoms with Gasteiger partial charge in [0.2, 0.25) is 0 Å². The highest BCUT2D eigenvalue weighted by atomic mass is 16.5. The first kappa shape index (κ1) is 23.2. The third kappa shape index (κ3) is 12.2. The molecule has 0 bridgehead atoms. The van der Waals surface area contributed by atoms with E-state index < -0.39 is 0 Å². The molecule has 1 aromatic carbocycles. The van der Waals surface area contributed by atoms with Crippen molar-refractivity contribution in [1.82, 2.24) is 5.32 Å². The van der Waals surface area contributed by atoms with E-state index >= 15 is 0 Å². The van der Waals surface area contributed by atoms with Crippen LogP contribution in [0.2, 0.25) is 0 Å². The van der Waals surface area contributed by atoms with Crippen molar-refractivity contribution in [3.8, 4) is 0 Å². The first-order valence-corrected chi connectivity index (χ1v) is 10.2. The molecule has 0 unspecified atom stereocenters. The molecule has 0 aromatic heterocycles. The highest BCUT2D eigenvalue weighted by molar-refractivity contribution is 5.69. The van der Waals surface area contributed by atoms with Crippen LogP contribution in [0.4, 0.5) is 0 Å². The van der Waals surface area contributed by atoms with Crippen molar-refractivity contribution < 1.29 is 19.1 Å². The summed E-state index contributed by atoms with van der Waals surface area (Å²) in [5.41, 5.74) is 2.54. The molecule has 1 N–H and O–H groups in total. The van der Waals surface area contributed by atoms with Crippen LogP contribution < -0.4 is 5.32 Å². The molecule has 1 rings (SSSR count). The summed E-state index contributed by atoms with van der Waals surface area (Å²) in [6.07, 6.45) is 8.28. The van der Waals surface area contributed by atoms with Crippen LogP contribution in [-0.2, 0) is 32.0 Å². The topological polar surface area (TPSA) is 64.6 Å². The van der Waals surface area contributed by atoms with Gasteiger partial charge >= 0.3 is 11.9 Å². The Morgan fingerprint density at radius 3 is 2.19 bits per heavy atom. The average molecular weight is 378 g/mol. The Morgan fingerprint density at radius 1 is 0.852 bits per heavy atom. The van der Waals surface area contributed by atoms with Gasteiger partial charge < -0.3 is 14.8 Å². The summed E-state index contributed by atoms with van der Waals surface area (Å²) in [6, 6.07) is 8.59. The maximum absolute atomic E-state index is 11.3. The van der Waals surface area contributed by atoms with Crippen molar-refractivity contribution in [1.29, 1.82) is 0 Å². The highest BCUT2D eigenvalue weighted by Crippen LogP contribution is 2.09. The predicted octanol–water partition coefficient (Wildman–Crippen LogP) is 4.18. The number of hydrogen-bond donors (Lipinski definition) is 1. The van der Waals surface area contributed by atoms with E-state index in [0.29, 0.717) is 19.4 Å². The minimum atomic E-state index is -0.110. The molecular weight excluding hydrogens is 342 g/mol. The Morgan fingerprint density at radius 2 is 1.48 bits per heavy atom. The summed E-state index contributed by atoms with van der Waals surface area (Å²) in [5.74, 6) is -0.219. The van der Waals surface area contributed by atoms with Gasteiger partial charge in [0.1, 0.15) is 0 Å². The predicted molar refractivity (Wildman–Crippen MR) is 107 cm³/mol. The van der Waals surface area contributed by atoms with E-state index in [1.165, 1.54) is 31.1 Å². The maximum atomic E-state index is 11.3. The number of nitrogens with one attached hydrogen (secondary N) is 1. The van der Waals surface area contributed by atoms with Crippen LogP contribution in [0, 0.1) is 0 Å². The second-order valence-corrected chi connectivity index (χ2v) is 6.75. The zero-order chi connectivity index (χ0) is 19.7. The average Bonchev–Trinajstić information content (AvgIpc) is 2.67. The van der Waals surface area contributed by atoms with Crippen molar-refractivity contribution in [2.45, 2.75) is 71.3 Å². The molecular formula is C22H35NO4. The molecule has 0 aliphatic carbocycles. The van der Waals surface area contributed by atoms with E-state index in [4.69, 9.17) is 4.74 Å². The van der Waals surface area contributed by atoms with Gasteiger partial charge in [0, 0.05) is 19.4 Å². The van der Waals surface area contributed by atoms with Gasteiger partial charge in [0.15, 0.2) is 0 Å². The van der Waals surface area contributed by atoms with Gasteiger partial charge in [-0.3, -0.25) is 9.59 Å². The number of benzene rings is 1. The Hall–Kier alpha value is -1.88. The number of esters is 2.